The lowest BCUT2D eigenvalue weighted by Crippen LogP contribution is -2.49. The van der Waals surface area contributed by atoms with Crippen LogP contribution in [0.5, 0.6) is 0 Å². The van der Waals surface area contributed by atoms with Crippen LogP contribution in [0, 0.1) is 0 Å². The second-order valence-corrected chi connectivity index (χ2v) is 4.84. The smallest absolute Gasteiger partial charge is 0.324 e. The first-order chi connectivity index (χ1) is 6.94. The molecule has 1 rings (SSSR count). The molecule has 1 aliphatic carbocycles. The minimum absolute atomic E-state index is 0.0560. The van der Waals surface area contributed by atoms with Gasteiger partial charge in [0.2, 0.25) is 0 Å². The highest BCUT2D eigenvalue weighted by Crippen LogP contribution is 2.19. The summed E-state index contributed by atoms with van der Waals surface area (Å²) < 4.78 is 31.6. The zero-order valence-electron chi connectivity index (χ0n) is 8.26. The standard InChI is InChI=1S/C7H14N2O5S/c1-14-4-6(7(10)11)9-15(12,13)8-5-2-3-5/h5-6,8-9H,2-4H2,1H3,(H,10,11). The van der Waals surface area contributed by atoms with Gasteiger partial charge >= 0.3 is 5.97 Å². The first-order valence-electron chi connectivity index (χ1n) is 4.46. The maximum atomic E-state index is 11.3. The van der Waals surface area contributed by atoms with Gasteiger partial charge in [-0.15, -0.1) is 0 Å². The van der Waals surface area contributed by atoms with Crippen LogP contribution in [0.4, 0.5) is 0 Å². The number of methoxy groups -OCH3 is 1. The molecule has 0 radical (unpaired) electrons. The number of aliphatic carboxylic acids is 1. The number of carbonyl (C=O) groups is 1. The van der Waals surface area contributed by atoms with Gasteiger partial charge in [-0.1, -0.05) is 0 Å². The second-order valence-electron chi connectivity index (χ2n) is 3.36. The summed E-state index contributed by atoms with van der Waals surface area (Å²) in [6.45, 7) is -0.207. The second kappa shape index (κ2) is 4.88. The average molecular weight is 238 g/mol. The zero-order chi connectivity index (χ0) is 11.5. The Kier molecular flexibility index (Phi) is 4.03. The quantitative estimate of drug-likeness (QED) is 0.510. The lowest BCUT2D eigenvalue weighted by atomic mass is 10.3. The predicted molar refractivity (Wildman–Crippen MR) is 51.5 cm³/mol. The van der Waals surface area contributed by atoms with Crippen LogP contribution in [0.3, 0.4) is 0 Å². The maximum absolute atomic E-state index is 11.3. The number of ether oxygens (including phenoxy) is 1. The molecule has 8 heteroatoms. The predicted octanol–water partition coefficient (Wildman–Crippen LogP) is -1.33. The minimum atomic E-state index is -3.75. The average Bonchev–Trinajstić information content (AvgIpc) is 2.86. The topological polar surface area (TPSA) is 105 Å². The maximum Gasteiger partial charge on any atom is 0.324 e. The van der Waals surface area contributed by atoms with E-state index in [1.165, 1.54) is 7.11 Å². The Morgan fingerprint density at radius 3 is 2.60 bits per heavy atom. The van der Waals surface area contributed by atoms with E-state index in [0.717, 1.165) is 12.8 Å². The van der Waals surface area contributed by atoms with Gasteiger partial charge in [-0.25, -0.2) is 0 Å². The van der Waals surface area contributed by atoms with Crippen molar-refractivity contribution in [3.05, 3.63) is 0 Å². The molecular formula is C7H14N2O5S. The van der Waals surface area contributed by atoms with Crippen LogP contribution in [0.2, 0.25) is 0 Å². The van der Waals surface area contributed by atoms with Crippen LogP contribution in [-0.2, 0) is 19.7 Å². The molecule has 0 bridgehead atoms. The van der Waals surface area contributed by atoms with Crippen molar-refractivity contribution in [1.82, 2.24) is 9.44 Å². The van der Waals surface area contributed by atoms with Crippen LogP contribution >= 0.6 is 0 Å². The summed E-state index contributed by atoms with van der Waals surface area (Å²) in [4.78, 5) is 10.6. The van der Waals surface area contributed by atoms with Crippen molar-refractivity contribution in [2.24, 2.45) is 0 Å². The molecule has 3 N–H and O–H groups in total. The number of hydrogen-bond donors (Lipinski definition) is 3. The summed E-state index contributed by atoms with van der Waals surface area (Å²) in [5.74, 6) is -1.27. The molecule has 7 nitrogen and oxygen atoms in total. The minimum Gasteiger partial charge on any atom is -0.480 e. The van der Waals surface area contributed by atoms with Gasteiger partial charge in [-0.05, 0) is 12.8 Å². The third-order valence-corrected chi connectivity index (χ3v) is 3.07. The van der Waals surface area contributed by atoms with E-state index in [0.29, 0.717) is 0 Å². The van der Waals surface area contributed by atoms with E-state index in [-0.39, 0.29) is 12.6 Å². The van der Waals surface area contributed by atoms with Crippen LogP contribution in [-0.4, -0.2) is 45.3 Å². The molecular weight excluding hydrogens is 224 g/mol. The number of nitrogens with one attached hydrogen (secondary N) is 2. The zero-order valence-corrected chi connectivity index (χ0v) is 9.08. The van der Waals surface area contributed by atoms with Gasteiger partial charge in [0.25, 0.3) is 10.2 Å². The fraction of sp³-hybridized carbons (Fsp3) is 0.857. The van der Waals surface area contributed by atoms with E-state index in [4.69, 9.17) is 5.11 Å². The summed E-state index contributed by atoms with van der Waals surface area (Å²) in [6, 6.07) is -1.31. The van der Waals surface area contributed by atoms with Crippen LogP contribution < -0.4 is 9.44 Å². The highest BCUT2D eigenvalue weighted by atomic mass is 32.2. The highest BCUT2D eigenvalue weighted by Gasteiger charge is 2.30. The van der Waals surface area contributed by atoms with Crippen molar-refractivity contribution in [3.8, 4) is 0 Å². The lowest BCUT2D eigenvalue weighted by molar-refractivity contribution is -0.140. The Balaban J connectivity index is 2.51. The van der Waals surface area contributed by atoms with E-state index in [1.54, 1.807) is 0 Å². The molecule has 88 valence electrons. The summed E-state index contributed by atoms with van der Waals surface area (Å²) in [5, 5.41) is 8.68. The molecule has 1 atom stereocenters. The van der Waals surface area contributed by atoms with Gasteiger partial charge in [-0.2, -0.15) is 17.9 Å². The number of carboxylic acid groups (broad SMARTS) is 1. The fourth-order valence-electron chi connectivity index (χ4n) is 0.964. The Morgan fingerprint density at radius 1 is 1.60 bits per heavy atom. The Labute approximate surface area is 88.0 Å². The van der Waals surface area contributed by atoms with Gasteiger partial charge in [0.1, 0.15) is 6.04 Å². The van der Waals surface area contributed by atoms with E-state index >= 15 is 0 Å². The van der Waals surface area contributed by atoms with E-state index in [9.17, 15) is 13.2 Å². The fourth-order valence-corrected chi connectivity index (χ4v) is 2.25. The van der Waals surface area contributed by atoms with Crippen LogP contribution in [0.25, 0.3) is 0 Å². The molecule has 0 aromatic carbocycles. The van der Waals surface area contributed by atoms with Crippen LogP contribution in [0.1, 0.15) is 12.8 Å². The Bertz CT molecular complexity index is 324. The molecule has 0 aliphatic heterocycles. The van der Waals surface area contributed by atoms with E-state index < -0.39 is 22.2 Å². The molecule has 1 fully saturated rings. The Morgan fingerprint density at radius 2 is 2.20 bits per heavy atom. The van der Waals surface area contributed by atoms with Gasteiger partial charge < -0.3 is 9.84 Å². The van der Waals surface area contributed by atoms with E-state index in [1.807, 2.05) is 4.72 Å². The van der Waals surface area contributed by atoms with Gasteiger partial charge in [0.15, 0.2) is 0 Å². The molecule has 0 amide bonds. The molecule has 0 heterocycles. The monoisotopic (exact) mass is 238 g/mol. The summed E-state index contributed by atoms with van der Waals surface area (Å²) in [5.41, 5.74) is 0. The summed E-state index contributed by atoms with van der Waals surface area (Å²) >= 11 is 0. The molecule has 1 unspecified atom stereocenters. The molecule has 0 saturated heterocycles. The number of rotatable bonds is 7. The van der Waals surface area contributed by atoms with E-state index in [2.05, 4.69) is 9.46 Å². The first kappa shape index (κ1) is 12.4. The molecule has 0 spiro atoms. The van der Waals surface area contributed by atoms with Crippen molar-refractivity contribution in [2.75, 3.05) is 13.7 Å². The SMILES string of the molecule is COCC(NS(=O)(=O)NC1CC1)C(=O)O. The molecule has 15 heavy (non-hydrogen) atoms. The van der Waals surface area contributed by atoms with Gasteiger partial charge in [0.05, 0.1) is 6.61 Å². The third-order valence-electron chi connectivity index (χ3n) is 1.83. The van der Waals surface area contributed by atoms with Gasteiger partial charge in [-0.3, -0.25) is 4.79 Å². The third kappa shape index (κ3) is 4.56. The van der Waals surface area contributed by atoms with Crippen molar-refractivity contribution in [2.45, 2.75) is 24.9 Å². The molecule has 1 aliphatic rings. The lowest BCUT2D eigenvalue weighted by Gasteiger charge is -2.13. The Hall–Kier alpha value is -0.700. The number of carboxylic acids is 1. The largest absolute Gasteiger partial charge is 0.480 e. The van der Waals surface area contributed by atoms with Crippen molar-refractivity contribution >= 4 is 16.2 Å². The molecule has 1 saturated carbocycles. The summed E-state index contributed by atoms with van der Waals surface area (Å²) in [7, 11) is -2.44. The van der Waals surface area contributed by atoms with Crippen molar-refractivity contribution in [1.29, 1.82) is 0 Å². The molecule has 0 aromatic rings. The number of hydrogen-bond acceptors (Lipinski definition) is 4. The van der Waals surface area contributed by atoms with Crippen LogP contribution in [0.15, 0.2) is 0 Å². The molecule has 0 aromatic heterocycles. The van der Waals surface area contributed by atoms with Crippen molar-refractivity contribution < 1.29 is 23.1 Å². The van der Waals surface area contributed by atoms with Crippen molar-refractivity contribution in [3.63, 3.8) is 0 Å². The highest BCUT2D eigenvalue weighted by molar-refractivity contribution is 7.87. The van der Waals surface area contributed by atoms with Gasteiger partial charge in [0, 0.05) is 13.2 Å². The summed E-state index contributed by atoms with van der Waals surface area (Å²) in [6.07, 6.45) is 1.59. The normalized spacial score (nSPS) is 18.7. The first-order valence-corrected chi connectivity index (χ1v) is 5.94.